The van der Waals surface area contributed by atoms with E-state index in [9.17, 15) is 19.4 Å². The number of unbranched alkanes of at least 4 members (excludes halogenated alkanes) is 22. The molecule has 0 saturated carbocycles. The van der Waals surface area contributed by atoms with E-state index in [1.54, 1.807) is 0 Å². The fourth-order valence-electron chi connectivity index (χ4n) is 7.10. The van der Waals surface area contributed by atoms with E-state index >= 15 is 0 Å². The predicted molar refractivity (Wildman–Crippen MR) is 279 cm³/mol. The lowest BCUT2D eigenvalue weighted by atomic mass is 10.0. The molecule has 0 bridgehead atoms. The molecule has 0 fully saturated rings. The van der Waals surface area contributed by atoms with Gasteiger partial charge in [0.2, 0.25) is 0 Å². The van der Waals surface area contributed by atoms with Crippen LogP contribution in [0.3, 0.4) is 0 Å². The molecule has 3 atom stereocenters. The summed E-state index contributed by atoms with van der Waals surface area (Å²) in [5.74, 6) is -0.397. The number of ether oxygens (including phenoxy) is 2. The lowest BCUT2D eigenvalue weighted by Crippen LogP contribution is -2.29. The maximum Gasteiger partial charge on any atom is 0.472 e. The van der Waals surface area contributed by atoms with Gasteiger partial charge in [-0.2, -0.15) is 0 Å². The third-order valence-corrected chi connectivity index (χ3v) is 12.0. The molecule has 10 heteroatoms. The first kappa shape index (κ1) is 63.6. The molecule has 3 unspecified atom stereocenters. The summed E-state index contributed by atoms with van der Waals surface area (Å²) < 4.78 is 33.5. The van der Waals surface area contributed by atoms with Crippen molar-refractivity contribution in [3.63, 3.8) is 0 Å². The summed E-state index contributed by atoms with van der Waals surface area (Å²) in [6, 6.07) is 0. The molecule has 0 aliphatic carbocycles. The molecule has 0 spiro atoms. The average molecular weight is 947 g/mol. The number of aliphatic hydroxyl groups excluding tert-OH is 2. The van der Waals surface area contributed by atoms with E-state index in [0.717, 1.165) is 83.5 Å². The maximum absolute atomic E-state index is 12.7. The first-order valence-electron chi connectivity index (χ1n) is 26.6. The van der Waals surface area contributed by atoms with E-state index in [-0.39, 0.29) is 13.0 Å². The number of phosphoric acid groups is 1. The van der Waals surface area contributed by atoms with Crippen LogP contribution in [0.2, 0.25) is 0 Å². The van der Waals surface area contributed by atoms with Gasteiger partial charge >= 0.3 is 13.8 Å². The van der Waals surface area contributed by atoms with Crippen LogP contribution in [-0.4, -0.2) is 66.3 Å². The van der Waals surface area contributed by atoms with Crippen LogP contribution < -0.4 is 0 Å². The van der Waals surface area contributed by atoms with Crippen molar-refractivity contribution in [2.24, 2.45) is 0 Å². The van der Waals surface area contributed by atoms with Gasteiger partial charge in [-0.1, -0.05) is 227 Å². The van der Waals surface area contributed by atoms with Crippen LogP contribution in [0.25, 0.3) is 0 Å². The Balaban J connectivity index is 4.16. The Labute approximate surface area is 405 Å². The summed E-state index contributed by atoms with van der Waals surface area (Å²) in [5.41, 5.74) is 0. The summed E-state index contributed by atoms with van der Waals surface area (Å²) >= 11 is 0. The zero-order chi connectivity index (χ0) is 48.1. The summed E-state index contributed by atoms with van der Waals surface area (Å²) in [6.45, 7) is 3.31. The van der Waals surface area contributed by atoms with Crippen molar-refractivity contribution in [1.82, 2.24) is 0 Å². The number of rotatable bonds is 50. The lowest BCUT2D eigenvalue weighted by molar-refractivity contribution is -0.154. The molecule has 9 nitrogen and oxygen atoms in total. The number of phosphoric ester groups is 1. The van der Waals surface area contributed by atoms with E-state index < -0.39 is 45.8 Å². The van der Waals surface area contributed by atoms with Crippen molar-refractivity contribution in [3.8, 4) is 0 Å². The van der Waals surface area contributed by atoms with Gasteiger partial charge in [0.05, 0.1) is 26.4 Å². The average Bonchev–Trinajstić information content (AvgIpc) is 3.31. The predicted octanol–water partition coefficient (Wildman–Crippen LogP) is 15.8. The van der Waals surface area contributed by atoms with Gasteiger partial charge in [-0.05, 0) is 70.6 Å². The standard InChI is InChI=1S/C56H99O9P/c1-3-5-7-9-11-13-15-17-19-21-23-25-26-27-29-31-33-35-37-39-41-43-45-47-49-62-52-55(53-64-66(60,61)63-51-54(58)50-57)65-56(59)48-46-44-42-40-38-36-34-32-30-28-24-22-20-18-16-14-12-10-8-6-4-2/h5,7,11,13,17,19,23,25,27,29,33,35,39,41,54-55,57-58H,3-4,6,8-10,12,14-16,18,20-22,24,26,28,30-32,34,36-38,40,42-53H2,1-2H3,(H,60,61)/b7-5-,13-11-,19-17-,25-23-,29-27-,35-33-,41-39-. The monoisotopic (exact) mass is 947 g/mol. The second kappa shape index (κ2) is 52.0. The van der Waals surface area contributed by atoms with Crippen LogP contribution in [-0.2, 0) is 27.9 Å². The third kappa shape index (κ3) is 51.0. The topological polar surface area (TPSA) is 132 Å². The Hall–Kier alpha value is -2.36. The maximum atomic E-state index is 12.7. The summed E-state index contributed by atoms with van der Waals surface area (Å²) in [6.07, 6.45) is 65.6. The SMILES string of the molecule is CC/C=C\C/C=C\C/C=C\C/C=C\C/C=C\C/C=C\C/C=C\CCCCOCC(COP(=O)(O)OCC(O)CO)OC(=O)CCCCCCCCCCCCCCCCCCCCCCC. The molecule has 3 N–H and O–H groups in total. The van der Waals surface area contributed by atoms with E-state index in [2.05, 4.69) is 98.9 Å². The quantitative estimate of drug-likeness (QED) is 0.0236. The minimum absolute atomic E-state index is 0.0167. The highest BCUT2D eigenvalue weighted by atomic mass is 31.2. The van der Waals surface area contributed by atoms with Crippen molar-refractivity contribution < 1.29 is 43.0 Å². The molecule has 0 saturated heterocycles. The van der Waals surface area contributed by atoms with Crippen molar-refractivity contribution in [2.75, 3.05) is 33.0 Å². The molecular formula is C56H99O9P. The van der Waals surface area contributed by atoms with Gasteiger partial charge in [0.25, 0.3) is 0 Å². The second-order valence-electron chi connectivity index (χ2n) is 17.5. The molecule has 0 heterocycles. The van der Waals surface area contributed by atoms with Gasteiger partial charge < -0.3 is 24.6 Å². The number of hydrogen-bond acceptors (Lipinski definition) is 8. The third-order valence-electron chi connectivity index (χ3n) is 11.1. The molecule has 66 heavy (non-hydrogen) atoms. The van der Waals surface area contributed by atoms with E-state index in [0.29, 0.717) is 6.61 Å². The van der Waals surface area contributed by atoms with Gasteiger partial charge in [0, 0.05) is 13.0 Å². The highest BCUT2D eigenvalue weighted by Gasteiger charge is 2.26. The number of carbonyl (C=O) groups excluding carboxylic acids is 1. The number of esters is 1. The number of hydrogen-bond donors (Lipinski definition) is 3. The van der Waals surface area contributed by atoms with Crippen LogP contribution in [0.1, 0.15) is 219 Å². The molecule has 0 amide bonds. The number of allylic oxidation sites excluding steroid dienone is 14. The summed E-state index contributed by atoms with van der Waals surface area (Å²) in [7, 11) is -4.54. The first-order chi connectivity index (χ1) is 32.3. The molecule has 0 aromatic carbocycles. The second-order valence-corrected chi connectivity index (χ2v) is 19.0. The zero-order valence-electron chi connectivity index (χ0n) is 42.1. The van der Waals surface area contributed by atoms with Crippen LogP contribution in [0.5, 0.6) is 0 Å². The minimum atomic E-state index is -4.54. The van der Waals surface area contributed by atoms with Gasteiger partial charge in [-0.3, -0.25) is 13.8 Å². The van der Waals surface area contributed by atoms with Crippen LogP contribution in [0, 0.1) is 0 Å². The van der Waals surface area contributed by atoms with Gasteiger partial charge in [0.15, 0.2) is 0 Å². The lowest BCUT2D eigenvalue weighted by Gasteiger charge is -2.20. The van der Waals surface area contributed by atoms with E-state index in [4.69, 9.17) is 23.6 Å². The Morgan fingerprint density at radius 3 is 1.27 bits per heavy atom. The minimum Gasteiger partial charge on any atom is -0.457 e. The highest BCUT2D eigenvalue weighted by Crippen LogP contribution is 2.43. The molecule has 0 aliphatic rings. The molecule has 0 aliphatic heterocycles. The molecule has 0 aromatic heterocycles. The Morgan fingerprint density at radius 2 is 0.864 bits per heavy atom. The smallest absolute Gasteiger partial charge is 0.457 e. The van der Waals surface area contributed by atoms with Crippen molar-refractivity contribution in [2.45, 2.75) is 232 Å². The zero-order valence-corrected chi connectivity index (χ0v) is 43.0. The Morgan fingerprint density at radius 1 is 0.485 bits per heavy atom. The van der Waals surface area contributed by atoms with Crippen LogP contribution in [0.15, 0.2) is 85.1 Å². The first-order valence-corrected chi connectivity index (χ1v) is 28.1. The molecule has 0 rings (SSSR count). The molecular weight excluding hydrogens is 848 g/mol. The number of aliphatic hydroxyl groups is 2. The molecule has 382 valence electrons. The van der Waals surface area contributed by atoms with Crippen molar-refractivity contribution >= 4 is 13.8 Å². The summed E-state index contributed by atoms with van der Waals surface area (Å²) in [4.78, 5) is 22.7. The van der Waals surface area contributed by atoms with Crippen LogP contribution in [0.4, 0.5) is 0 Å². The fourth-order valence-corrected chi connectivity index (χ4v) is 7.89. The van der Waals surface area contributed by atoms with Crippen LogP contribution >= 0.6 is 7.82 Å². The van der Waals surface area contributed by atoms with Crippen molar-refractivity contribution in [1.29, 1.82) is 0 Å². The molecule has 0 radical (unpaired) electrons. The normalized spacial score (nSPS) is 14.4. The fraction of sp³-hybridized carbons (Fsp3) is 0.732. The van der Waals surface area contributed by atoms with E-state index in [1.165, 1.54) is 116 Å². The Bertz CT molecular complexity index is 1300. The van der Waals surface area contributed by atoms with E-state index in [1.807, 2.05) is 0 Å². The number of carbonyl (C=O) groups is 1. The van der Waals surface area contributed by atoms with Gasteiger partial charge in [-0.25, -0.2) is 4.57 Å². The van der Waals surface area contributed by atoms with Crippen molar-refractivity contribution in [3.05, 3.63) is 85.1 Å². The highest BCUT2D eigenvalue weighted by molar-refractivity contribution is 7.47. The largest absolute Gasteiger partial charge is 0.472 e. The van der Waals surface area contributed by atoms with Gasteiger partial charge in [-0.15, -0.1) is 0 Å². The Kier molecular flexibility index (Phi) is 50.2. The van der Waals surface area contributed by atoms with Gasteiger partial charge in [0.1, 0.15) is 12.2 Å². The molecule has 0 aromatic rings. The summed E-state index contributed by atoms with van der Waals surface area (Å²) in [5, 5.41) is 18.4.